The molecule has 0 saturated carbocycles. The quantitative estimate of drug-likeness (QED) is 0.704. The van der Waals surface area contributed by atoms with E-state index in [1.54, 1.807) is 12.3 Å². The van der Waals surface area contributed by atoms with E-state index >= 15 is 0 Å². The second-order valence-corrected chi connectivity index (χ2v) is 8.64. The number of nitrogens with zero attached hydrogens (tertiary/aromatic N) is 2. The molecule has 7 nitrogen and oxygen atoms in total. The van der Waals surface area contributed by atoms with Crippen molar-refractivity contribution in [2.24, 2.45) is 5.92 Å². The number of carbonyl (C=O) groups is 1. The van der Waals surface area contributed by atoms with E-state index in [1.807, 2.05) is 19.9 Å². The van der Waals surface area contributed by atoms with E-state index in [-0.39, 0.29) is 24.1 Å². The van der Waals surface area contributed by atoms with E-state index in [2.05, 4.69) is 10.3 Å². The molecule has 1 aliphatic rings. The van der Waals surface area contributed by atoms with Gasteiger partial charge in [-0.2, -0.15) is 0 Å². The van der Waals surface area contributed by atoms with Gasteiger partial charge in [-0.3, -0.25) is 4.79 Å². The first-order valence-electron chi connectivity index (χ1n) is 9.30. The van der Waals surface area contributed by atoms with Crippen LogP contribution < -0.4 is 10.1 Å². The number of sulfonamides is 1. The van der Waals surface area contributed by atoms with Crippen molar-refractivity contribution in [1.82, 2.24) is 14.6 Å². The Labute approximate surface area is 156 Å². The van der Waals surface area contributed by atoms with E-state index in [4.69, 9.17) is 4.74 Å². The number of hydrogen-bond donors (Lipinski definition) is 1. The fraction of sp³-hybridized carbons (Fsp3) is 0.667. The largest absolute Gasteiger partial charge is 0.477 e. The molecule has 1 N–H and O–H groups in total. The lowest BCUT2D eigenvalue weighted by Crippen LogP contribution is -2.45. The fourth-order valence-corrected chi connectivity index (χ4v) is 4.60. The van der Waals surface area contributed by atoms with Gasteiger partial charge < -0.3 is 10.1 Å². The molecule has 0 spiro atoms. The maximum atomic E-state index is 12.5. The number of pyridine rings is 1. The molecule has 1 unspecified atom stereocenters. The van der Waals surface area contributed by atoms with Crippen molar-refractivity contribution in [2.45, 2.75) is 46.1 Å². The van der Waals surface area contributed by atoms with E-state index in [1.165, 1.54) is 4.31 Å². The maximum Gasteiger partial charge on any atom is 0.224 e. The fourth-order valence-electron chi connectivity index (χ4n) is 3.01. The Hall–Kier alpha value is -1.67. The monoisotopic (exact) mass is 383 g/mol. The molecular weight excluding hydrogens is 354 g/mol. The Morgan fingerprint density at radius 2 is 2.19 bits per heavy atom. The summed E-state index contributed by atoms with van der Waals surface area (Å²) in [6.45, 7) is 5.53. The summed E-state index contributed by atoms with van der Waals surface area (Å²) in [5.74, 6) is 0.235. The van der Waals surface area contributed by atoms with Gasteiger partial charge in [-0.1, -0.05) is 19.9 Å². The molecule has 1 atom stereocenters. The third-order valence-electron chi connectivity index (χ3n) is 4.36. The average Bonchev–Trinajstić information content (AvgIpc) is 2.65. The topological polar surface area (TPSA) is 88.6 Å². The number of aromatic nitrogens is 1. The molecule has 1 fully saturated rings. The van der Waals surface area contributed by atoms with Crippen LogP contribution in [0.15, 0.2) is 18.3 Å². The lowest BCUT2D eigenvalue weighted by atomic mass is 9.99. The SMILES string of the molecule is CCCOc1ncccc1CNC(=O)C1CCCN(S(=O)(=O)CCC)C1. The average molecular weight is 384 g/mol. The standard InChI is InChI=1S/C18H29N3O4S/c1-3-11-25-18-15(7-5-9-19-18)13-20-17(22)16-8-6-10-21(14-16)26(23,24)12-4-2/h5,7,9,16H,3-4,6,8,10-14H2,1-2H3,(H,20,22). The molecule has 0 aliphatic carbocycles. The first-order chi connectivity index (χ1) is 12.5. The summed E-state index contributed by atoms with van der Waals surface area (Å²) in [5, 5.41) is 2.91. The predicted octanol–water partition coefficient (Wildman–Crippen LogP) is 1.94. The summed E-state index contributed by atoms with van der Waals surface area (Å²) in [4.78, 5) is 16.7. The van der Waals surface area contributed by atoms with Crippen LogP contribution in [0, 0.1) is 5.92 Å². The van der Waals surface area contributed by atoms with Crippen LogP contribution in [0.1, 0.15) is 45.1 Å². The predicted molar refractivity (Wildman–Crippen MR) is 100 cm³/mol. The van der Waals surface area contributed by atoms with Gasteiger partial charge in [-0.25, -0.2) is 17.7 Å². The first kappa shape index (κ1) is 20.6. The van der Waals surface area contributed by atoms with Gasteiger partial charge in [0.05, 0.1) is 18.3 Å². The van der Waals surface area contributed by atoms with Crippen LogP contribution >= 0.6 is 0 Å². The zero-order valence-electron chi connectivity index (χ0n) is 15.6. The highest BCUT2D eigenvalue weighted by Gasteiger charge is 2.31. The van der Waals surface area contributed by atoms with Crippen LogP contribution in [0.2, 0.25) is 0 Å². The number of ether oxygens (including phenoxy) is 1. The highest BCUT2D eigenvalue weighted by molar-refractivity contribution is 7.89. The third-order valence-corrected chi connectivity index (χ3v) is 6.40. The van der Waals surface area contributed by atoms with Gasteiger partial charge in [-0.15, -0.1) is 0 Å². The Bertz CT molecular complexity index is 693. The Morgan fingerprint density at radius 3 is 2.92 bits per heavy atom. The highest BCUT2D eigenvalue weighted by Crippen LogP contribution is 2.21. The zero-order chi connectivity index (χ0) is 19.0. The minimum absolute atomic E-state index is 0.119. The molecule has 8 heteroatoms. The number of carbonyl (C=O) groups excluding carboxylic acids is 1. The van der Waals surface area contributed by atoms with Crippen LogP contribution in [0.25, 0.3) is 0 Å². The van der Waals surface area contributed by atoms with Gasteiger partial charge in [0.1, 0.15) is 0 Å². The molecule has 2 rings (SSSR count). The third kappa shape index (κ3) is 5.67. The van der Waals surface area contributed by atoms with Crippen LogP contribution in [0.3, 0.4) is 0 Å². The highest BCUT2D eigenvalue weighted by atomic mass is 32.2. The second kappa shape index (κ2) is 9.87. The van der Waals surface area contributed by atoms with Gasteiger partial charge in [0.15, 0.2) is 0 Å². The molecule has 0 aromatic carbocycles. The van der Waals surface area contributed by atoms with Gasteiger partial charge in [0.25, 0.3) is 0 Å². The number of nitrogens with one attached hydrogen (secondary N) is 1. The number of piperidine rings is 1. The van der Waals surface area contributed by atoms with E-state index < -0.39 is 10.0 Å². The zero-order valence-corrected chi connectivity index (χ0v) is 16.4. The van der Waals surface area contributed by atoms with Crippen molar-refractivity contribution in [3.8, 4) is 5.88 Å². The summed E-state index contributed by atoms with van der Waals surface area (Å²) in [7, 11) is -3.26. The van der Waals surface area contributed by atoms with Crippen molar-refractivity contribution in [3.63, 3.8) is 0 Å². The molecule has 1 saturated heterocycles. The van der Waals surface area contributed by atoms with Crippen molar-refractivity contribution < 1.29 is 17.9 Å². The lowest BCUT2D eigenvalue weighted by molar-refractivity contribution is -0.126. The van der Waals surface area contributed by atoms with Crippen molar-refractivity contribution in [3.05, 3.63) is 23.9 Å². The number of rotatable bonds is 9. The summed E-state index contributed by atoms with van der Waals surface area (Å²) in [6.07, 6.45) is 4.53. The first-order valence-corrected chi connectivity index (χ1v) is 10.9. The maximum absolute atomic E-state index is 12.5. The summed E-state index contributed by atoms with van der Waals surface area (Å²) in [5.41, 5.74) is 0.820. The molecular formula is C18H29N3O4S. The van der Waals surface area contributed by atoms with Gasteiger partial charge in [-0.05, 0) is 31.7 Å². The minimum Gasteiger partial charge on any atom is -0.477 e. The normalized spacial score (nSPS) is 18.5. The van der Waals surface area contributed by atoms with Crippen LogP contribution in [0.5, 0.6) is 5.88 Å². The van der Waals surface area contributed by atoms with E-state index in [0.717, 1.165) is 12.0 Å². The van der Waals surface area contributed by atoms with Crippen molar-refractivity contribution >= 4 is 15.9 Å². The summed E-state index contributed by atoms with van der Waals surface area (Å²) < 4.78 is 31.6. The number of hydrogen-bond acceptors (Lipinski definition) is 5. The van der Waals surface area contributed by atoms with Crippen LogP contribution in [-0.4, -0.2) is 49.1 Å². The van der Waals surface area contributed by atoms with Gasteiger partial charge in [0, 0.05) is 31.4 Å². The molecule has 1 aliphatic heterocycles. The minimum atomic E-state index is -3.26. The Morgan fingerprint density at radius 1 is 1.38 bits per heavy atom. The molecule has 146 valence electrons. The molecule has 1 aromatic rings. The van der Waals surface area contributed by atoms with Gasteiger partial charge >= 0.3 is 0 Å². The van der Waals surface area contributed by atoms with Crippen molar-refractivity contribution in [1.29, 1.82) is 0 Å². The Kier molecular flexibility index (Phi) is 7.84. The molecule has 0 radical (unpaired) electrons. The molecule has 2 heterocycles. The smallest absolute Gasteiger partial charge is 0.224 e. The van der Waals surface area contributed by atoms with Crippen LogP contribution in [-0.2, 0) is 21.4 Å². The molecule has 1 amide bonds. The lowest BCUT2D eigenvalue weighted by Gasteiger charge is -2.31. The molecule has 0 bridgehead atoms. The van der Waals surface area contributed by atoms with Crippen LogP contribution in [0.4, 0.5) is 0 Å². The summed E-state index contributed by atoms with van der Waals surface area (Å²) in [6, 6.07) is 3.68. The van der Waals surface area contributed by atoms with E-state index in [0.29, 0.717) is 44.8 Å². The molecule has 1 aromatic heterocycles. The Balaban J connectivity index is 1.94. The second-order valence-electron chi connectivity index (χ2n) is 6.55. The van der Waals surface area contributed by atoms with E-state index in [9.17, 15) is 13.2 Å². The summed E-state index contributed by atoms with van der Waals surface area (Å²) >= 11 is 0. The van der Waals surface area contributed by atoms with Gasteiger partial charge in [0.2, 0.25) is 21.8 Å². The molecule has 26 heavy (non-hydrogen) atoms. The van der Waals surface area contributed by atoms with Crippen molar-refractivity contribution in [2.75, 3.05) is 25.4 Å². The number of amides is 1.